The van der Waals surface area contributed by atoms with E-state index in [2.05, 4.69) is 20.6 Å². The summed E-state index contributed by atoms with van der Waals surface area (Å²) < 4.78 is 14.6. The number of hydrogen-bond acceptors (Lipinski definition) is 4. The third-order valence-corrected chi connectivity index (χ3v) is 3.28. The van der Waals surface area contributed by atoms with Crippen molar-refractivity contribution in [3.05, 3.63) is 53.6 Å². The minimum Gasteiger partial charge on any atom is -0.368 e. The van der Waals surface area contributed by atoms with Crippen molar-refractivity contribution in [1.82, 2.24) is 19.8 Å². The maximum atomic E-state index is 12.8. The first-order valence-corrected chi connectivity index (χ1v) is 6.96. The SMILES string of the molecule is CCc1nnc2ccc(NCCc3ccc(F)cc3)nn12. The Morgan fingerprint density at radius 2 is 1.90 bits per heavy atom. The third-order valence-electron chi connectivity index (χ3n) is 3.28. The number of halogens is 1. The molecule has 0 spiro atoms. The summed E-state index contributed by atoms with van der Waals surface area (Å²) in [6.45, 7) is 2.75. The molecular weight excluding hydrogens is 269 g/mol. The van der Waals surface area contributed by atoms with Crippen LogP contribution in [-0.2, 0) is 12.8 Å². The molecule has 2 aromatic heterocycles. The van der Waals surface area contributed by atoms with Crippen molar-refractivity contribution >= 4 is 11.5 Å². The lowest BCUT2D eigenvalue weighted by atomic mass is 10.1. The fraction of sp³-hybridized carbons (Fsp3) is 0.267. The number of fused-ring (bicyclic) bond motifs is 1. The van der Waals surface area contributed by atoms with Crippen LogP contribution in [0.15, 0.2) is 36.4 Å². The highest BCUT2D eigenvalue weighted by Gasteiger charge is 2.05. The number of rotatable bonds is 5. The lowest BCUT2D eigenvalue weighted by Gasteiger charge is -2.06. The van der Waals surface area contributed by atoms with Gasteiger partial charge in [-0.1, -0.05) is 19.1 Å². The van der Waals surface area contributed by atoms with Gasteiger partial charge in [-0.05, 0) is 36.2 Å². The van der Waals surface area contributed by atoms with Crippen LogP contribution in [-0.4, -0.2) is 26.4 Å². The van der Waals surface area contributed by atoms with Crippen LogP contribution in [0.25, 0.3) is 5.65 Å². The van der Waals surface area contributed by atoms with Crippen molar-refractivity contribution in [2.75, 3.05) is 11.9 Å². The fourth-order valence-electron chi connectivity index (χ4n) is 2.13. The van der Waals surface area contributed by atoms with Gasteiger partial charge in [0.05, 0.1) is 0 Å². The van der Waals surface area contributed by atoms with Crippen LogP contribution in [0.1, 0.15) is 18.3 Å². The Morgan fingerprint density at radius 1 is 1.10 bits per heavy atom. The summed E-state index contributed by atoms with van der Waals surface area (Å²) >= 11 is 0. The van der Waals surface area contributed by atoms with Crippen LogP contribution >= 0.6 is 0 Å². The molecule has 6 heteroatoms. The summed E-state index contributed by atoms with van der Waals surface area (Å²) in [6, 6.07) is 10.3. The van der Waals surface area contributed by atoms with E-state index in [1.807, 2.05) is 19.1 Å². The monoisotopic (exact) mass is 285 g/mol. The highest BCUT2D eigenvalue weighted by atomic mass is 19.1. The highest BCUT2D eigenvalue weighted by molar-refractivity contribution is 5.44. The van der Waals surface area contributed by atoms with E-state index in [0.29, 0.717) is 0 Å². The molecule has 1 aromatic carbocycles. The molecule has 0 aliphatic rings. The average molecular weight is 285 g/mol. The molecule has 2 heterocycles. The van der Waals surface area contributed by atoms with Crippen LogP contribution in [0.3, 0.4) is 0 Å². The normalized spacial score (nSPS) is 11.0. The summed E-state index contributed by atoms with van der Waals surface area (Å²) in [5, 5.41) is 15.9. The first-order chi connectivity index (χ1) is 10.3. The first-order valence-electron chi connectivity index (χ1n) is 6.96. The smallest absolute Gasteiger partial charge is 0.178 e. The van der Waals surface area contributed by atoms with Crippen molar-refractivity contribution in [3.8, 4) is 0 Å². The van der Waals surface area contributed by atoms with Crippen molar-refractivity contribution in [1.29, 1.82) is 0 Å². The van der Waals surface area contributed by atoms with Gasteiger partial charge in [-0.2, -0.15) is 4.52 Å². The number of hydrogen-bond donors (Lipinski definition) is 1. The zero-order valence-electron chi connectivity index (χ0n) is 11.8. The van der Waals surface area contributed by atoms with Gasteiger partial charge in [0.1, 0.15) is 11.6 Å². The lowest BCUT2D eigenvalue weighted by molar-refractivity contribution is 0.627. The number of anilines is 1. The molecule has 0 bridgehead atoms. The van der Waals surface area contributed by atoms with E-state index in [9.17, 15) is 4.39 Å². The molecule has 0 saturated heterocycles. The van der Waals surface area contributed by atoms with Gasteiger partial charge in [-0.15, -0.1) is 15.3 Å². The molecule has 0 fully saturated rings. The van der Waals surface area contributed by atoms with Crippen molar-refractivity contribution in [2.24, 2.45) is 0 Å². The molecule has 1 N–H and O–H groups in total. The second-order valence-corrected chi connectivity index (χ2v) is 4.76. The number of aryl methyl sites for hydroxylation is 1. The minimum atomic E-state index is -0.210. The van der Waals surface area contributed by atoms with Crippen LogP contribution in [0, 0.1) is 5.82 Å². The molecular formula is C15H16FN5. The van der Waals surface area contributed by atoms with Gasteiger partial charge < -0.3 is 5.32 Å². The van der Waals surface area contributed by atoms with Gasteiger partial charge in [-0.3, -0.25) is 0 Å². The summed E-state index contributed by atoms with van der Waals surface area (Å²) in [5.41, 5.74) is 1.83. The predicted octanol–water partition coefficient (Wildman–Crippen LogP) is 2.48. The molecule has 3 aromatic rings. The molecule has 0 aliphatic heterocycles. The largest absolute Gasteiger partial charge is 0.368 e. The maximum Gasteiger partial charge on any atom is 0.178 e. The molecule has 108 valence electrons. The number of benzene rings is 1. The van der Waals surface area contributed by atoms with E-state index in [1.165, 1.54) is 12.1 Å². The summed E-state index contributed by atoms with van der Waals surface area (Å²) in [5.74, 6) is 1.41. The van der Waals surface area contributed by atoms with E-state index in [1.54, 1.807) is 16.6 Å². The summed E-state index contributed by atoms with van der Waals surface area (Å²) in [6.07, 6.45) is 1.59. The van der Waals surface area contributed by atoms with Crippen LogP contribution in [0.5, 0.6) is 0 Å². The lowest BCUT2D eigenvalue weighted by Crippen LogP contribution is -2.08. The number of aromatic nitrogens is 4. The van der Waals surface area contributed by atoms with E-state index in [4.69, 9.17) is 0 Å². The van der Waals surface area contributed by atoms with Gasteiger partial charge in [0.25, 0.3) is 0 Å². The molecule has 0 unspecified atom stereocenters. The minimum absolute atomic E-state index is 0.210. The Hall–Kier alpha value is -2.50. The van der Waals surface area contributed by atoms with Crippen LogP contribution < -0.4 is 5.32 Å². The Labute approximate surface area is 121 Å². The molecule has 0 amide bonds. The van der Waals surface area contributed by atoms with Crippen LogP contribution in [0.2, 0.25) is 0 Å². The van der Waals surface area contributed by atoms with Gasteiger partial charge in [-0.25, -0.2) is 4.39 Å². The van der Waals surface area contributed by atoms with Crippen LogP contribution in [0.4, 0.5) is 10.2 Å². The number of nitrogens with zero attached hydrogens (tertiary/aromatic N) is 4. The fourth-order valence-corrected chi connectivity index (χ4v) is 2.13. The Kier molecular flexibility index (Phi) is 3.77. The van der Waals surface area contributed by atoms with Crippen molar-refractivity contribution < 1.29 is 4.39 Å². The molecule has 3 rings (SSSR count). The zero-order valence-corrected chi connectivity index (χ0v) is 11.8. The Balaban J connectivity index is 1.66. The number of nitrogens with one attached hydrogen (secondary N) is 1. The Bertz CT molecular complexity index is 735. The average Bonchev–Trinajstić information content (AvgIpc) is 2.91. The highest BCUT2D eigenvalue weighted by Crippen LogP contribution is 2.08. The molecule has 0 atom stereocenters. The second kappa shape index (κ2) is 5.87. The van der Waals surface area contributed by atoms with Crippen molar-refractivity contribution in [3.63, 3.8) is 0 Å². The maximum absolute atomic E-state index is 12.8. The van der Waals surface area contributed by atoms with E-state index in [-0.39, 0.29) is 5.82 Å². The quantitative estimate of drug-likeness (QED) is 0.782. The van der Waals surface area contributed by atoms with Gasteiger partial charge >= 0.3 is 0 Å². The standard InChI is InChI=1S/C15H16FN5/c1-2-14-18-19-15-8-7-13(20-21(14)15)17-10-9-11-3-5-12(16)6-4-11/h3-8H,2,9-10H2,1H3,(H,17,20). The van der Waals surface area contributed by atoms with E-state index >= 15 is 0 Å². The summed E-state index contributed by atoms with van der Waals surface area (Å²) in [7, 11) is 0. The second-order valence-electron chi connectivity index (χ2n) is 4.76. The van der Waals surface area contributed by atoms with Gasteiger partial charge in [0, 0.05) is 13.0 Å². The Morgan fingerprint density at radius 3 is 2.67 bits per heavy atom. The molecule has 0 radical (unpaired) electrons. The molecule has 21 heavy (non-hydrogen) atoms. The summed E-state index contributed by atoms with van der Waals surface area (Å²) in [4.78, 5) is 0. The van der Waals surface area contributed by atoms with E-state index in [0.717, 1.165) is 42.2 Å². The molecule has 0 saturated carbocycles. The van der Waals surface area contributed by atoms with Gasteiger partial charge in [0.15, 0.2) is 11.5 Å². The third kappa shape index (κ3) is 2.99. The first kappa shape index (κ1) is 13.5. The molecule has 0 aliphatic carbocycles. The topological polar surface area (TPSA) is 55.1 Å². The molecule has 5 nitrogen and oxygen atoms in total. The van der Waals surface area contributed by atoms with E-state index < -0.39 is 0 Å². The zero-order chi connectivity index (χ0) is 14.7. The predicted molar refractivity (Wildman–Crippen MR) is 78.8 cm³/mol. The van der Waals surface area contributed by atoms with Crippen molar-refractivity contribution in [2.45, 2.75) is 19.8 Å². The van der Waals surface area contributed by atoms with Gasteiger partial charge in [0.2, 0.25) is 0 Å².